The molecule has 0 spiro atoms. The van der Waals surface area contributed by atoms with E-state index in [0.29, 0.717) is 12.8 Å². The van der Waals surface area contributed by atoms with Crippen LogP contribution in [0.4, 0.5) is 13.2 Å². The predicted octanol–water partition coefficient (Wildman–Crippen LogP) is 2.56. The van der Waals surface area contributed by atoms with E-state index in [1.165, 1.54) is 18.2 Å². The van der Waals surface area contributed by atoms with Crippen LogP contribution in [0.2, 0.25) is 0 Å². The van der Waals surface area contributed by atoms with Crippen LogP contribution in [0.25, 0.3) is 0 Å². The maximum absolute atomic E-state index is 12.8. The normalized spacial score (nSPS) is 25.5. The third-order valence-corrected chi connectivity index (χ3v) is 5.05. The lowest BCUT2D eigenvalue weighted by Gasteiger charge is -2.30. The summed E-state index contributed by atoms with van der Waals surface area (Å²) >= 11 is 0. The van der Waals surface area contributed by atoms with Crippen LogP contribution in [0.15, 0.2) is 47.7 Å². The van der Waals surface area contributed by atoms with Crippen LogP contribution >= 0.6 is 0 Å². The Labute approximate surface area is 158 Å². The highest BCUT2D eigenvalue weighted by molar-refractivity contribution is 5.67. The summed E-state index contributed by atoms with van der Waals surface area (Å²) in [4.78, 5) is 15.3. The van der Waals surface area contributed by atoms with Crippen LogP contribution in [-0.2, 0) is 15.8 Å². The Morgan fingerprint density at radius 3 is 2.79 bits per heavy atom. The number of fused-ring (bicyclic) bond motifs is 1. The molecule has 152 valence electrons. The lowest BCUT2D eigenvalue weighted by Crippen LogP contribution is -2.32. The van der Waals surface area contributed by atoms with E-state index in [4.69, 9.17) is 9.94 Å². The van der Waals surface area contributed by atoms with Gasteiger partial charge in [-0.25, -0.2) is 4.79 Å². The first kappa shape index (κ1) is 20.4. The lowest BCUT2D eigenvalue weighted by molar-refractivity contribution is -0.144. The van der Waals surface area contributed by atoms with Crippen LogP contribution in [-0.4, -0.2) is 34.0 Å². The van der Waals surface area contributed by atoms with Crippen molar-refractivity contribution in [1.82, 2.24) is 5.48 Å². The van der Waals surface area contributed by atoms with Crippen molar-refractivity contribution in [2.24, 2.45) is 11.8 Å². The molecule has 3 rings (SSSR count). The zero-order valence-corrected chi connectivity index (χ0v) is 14.7. The molecule has 0 bridgehead atoms. The maximum Gasteiger partial charge on any atom is 0.416 e. The van der Waals surface area contributed by atoms with Gasteiger partial charge in [-0.05, 0) is 36.1 Å². The average Bonchev–Trinajstić information content (AvgIpc) is 2.86. The highest BCUT2D eigenvalue weighted by Gasteiger charge is 2.45. The number of alkyl halides is 3. The summed E-state index contributed by atoms with van der Waals surface area (Å²) < 4.78 is 38.4. The number of benzene rings is 1. The second-order valence-corrected chi connectivity index (χ2v) is 6.91. The fourth-order valence-electron chi connectivity index (χ4n) is 3.57. The Morgan fingerprint density at radius 1 is 1.36 bits per heavy atom. The van der Waals surface area contributed by atoms with Crippen LogP contribution in [0.1, 0.15) is 30.1 Å². The molecule has 4 atom stereocenters. The molecule has 2 aliphatic carbocycles. The molecule has 0 heterocycles. The highest BCUT2D eigenvalue weighted by Crippen LogP contribution is 2.48. The zero-order chi connectivity index (χ0) is 20.5. The Hall–Kier alpha value is -2.36. The minimum atomic E-state index is -4.49. The monoisotopic (exact) mass is 399 g/mol. The van der Waals surface area contributed by atoms with Crippen LogP contribution in [0.5, 0.6) is 0 Å². The van der Waals surface area contributed by atoms with Crippen molar-refractivity contribution in [2.45, 2.75) is 31.2 Å². The molecule has 1 saturated carbocycles. The maximum atomic E-state index is 12.8. The van der Waals surface area contributed by atoms with E-state index in [9.17, 15) is 28.2 Å². The van der Waals surface area contributed by atoms with Gasteiger partial charge in [0.25, 0.3) is 0 Å². The van der Waals surface area contributed by atoms with Crippen molar-refractivity contribution in [1.29, 1.82) is 0 Å². The molecule has 6 nitrogen and oxygen atoms in total. The van der Waals surface area contributed by atoms with Gasteiger partial charge in [0.2, 0.25) is 0 Å². The van der Waals surface area contributed by atoms with Crippen molar-refractivity contribution >= 4 is 5.97 Å². The fourth-order valence-corrected chi connectivity index (χ4v) is 3.57. The zero-order valence-electron chi connectivity index (χ0n) is 14.7. The number of aliphatic hydroxyl groups is 2. The van der Waals surface area contributed by atoms with Crippen molar-refractivity contribution in [2.75, 3.05) is 6.61 Å². The molecule has 1 fully saturated rings. The minimum absolute atomic E-state index is 0.0729. The van der Waals surface area contributed by atoms with E-state index in [-0.39, 0.29) is 17.4 Å². The molecule has 28 heavy (non-hydrogen) atoms. The van der Waals surface area contributed by atoms with E-state index < -0.39 is 36.5 Å². The summed E-state index contributed by atoms with van der Waals surface area (Å²) in [5.74, 6) is -1.47. The lowest BCUT2D eigenvalue weighted by atomic mass is 9.83. The Morgan fingerprint density at radius 2 is 2.11 bits per heavy atom. The van der Waals surface area contributed by atoms with Gasteiger partial charge in [0, 0.05) is 17.5 Å². The van der Waals surface area contributed by atoms with Crippen molar-refractivity contribution < 1.29 is 38.1 Å². The number of rotatable bonds is 7. The topological polar surface area (TPSA) is 99.0 Å². The largest absolute Gasteiger partial charge is 0.479 e. The molecular weight excluding hydrogens is 379 g/mol. The number of hydrogen-bond acceptors (Lipinski definition) is 5. The number of hydroxylamine groups is 1. The van der Waals surface area contributed by atoms with Gasteiger partial charge in [-0.15, -0.1) is 0 Å². The van der Waals surface area contributed by atoms with Crippen LogP contribution in [0, 0.1) is 11.8 Å². The van der Waals surface area contributed by atoms with Gasteiger partial charge >= 0.3 is 12.1 Å². The first-order valence-electron chi connectivity index (χ1n) is 8.70. The first-order valence-corrected chi connectivity index (χ1v) is 8.70. The van der Waals surface area contributed by atoms with E-state index >= 15 is 0 Å². The number of carboxylic acid groups (broad SMARTS) is 1. The summed E-state index contributed by atoms with van der Waals surface area (Å²) in [7, 11) is 0. The number of aliphatic hydroxyl groups excluding tert-OH is 2. The van der Waals surface area contributed by atoms with Crippen molar-refractivity contribution in [3.05, 3.63) is 58.8 Å². The molecule has 0 aliphatic heterocycles. The second kappa shape index (κ2) is 7.94. The number of hydrogen-bond donors (Lipinski definition) is 4. The van der Waals surface area contributed by atoms with E-state index in [2.05, 4.69) is 5.48 Å². The van der Waals surface area contributed by atoms with E-state index in [1.807, 2.05) is 0 Å². The van der Waals surface area contributed by atoms with E-state index in [1.54, 1.807) is 6.08 Å². The molecule has 3 unspecified atom stereocenters. The Bertz CT molecular complexity index is 805. The third-order valence-electron chi connectivity index (χ3n) is 5.05. The van der Waals surface area contributed by atoms with Gasteiger partial charge in [0.15, 0.2) is 6.61 Å². The molecule has 9 heteroatoms. The Kier molecular flexibility index (Phi) is 5.78. The highest BCUT2D eigenvalue weighted by atomic mass is 19.4. The number of carbonyl (C=O) groups is 1. The second-order valence-electron chi connectivity index (χ2n) is 6.91. The van der Waals surface area contributed by atoms with Crippen molar-refractivity contribution in [3.63, 3.8) is 0 Å². The average molecular weight is 399 g/mol. The minimum Gasteiger partial charge on any atom is -0.479 e. The molecule has 0 saturated heterocycles. The first-order chi connectivity index (χ1) is 13.2. The van der Waals surface area contributed by atoms with E-state index in [0.717, 1.165) is 23.4 Å². The number of carboxylic acids is 1. The van der Waals surface area contributed by atoms with Gasteiger partial charge in [0.05, 0.1) is 17.8 Å². The molecule has 0 aromatic heterocycles. The number of aliphatic carboxylic acids is 1. The van der Waals surface area contributed by atoms with Gasteiger partial charge in [-0.2, -0.15) is 13.2 Å². The van der Waals surface area contributed by atoms with Crippen molar-refractivity contribution in [3.8, 4) is 0 Å². The molecule has 0 radical (unpaired) electrons. The SMILES string of the molecule is O=C(O)CONC1=C2CC(C=CC(O)c3cccc(C(F)(F)F)c3)C(O)[C@@H]2C1. The van der Waals surface area contributed by atoms with Gasteiger partial charge in [-0.1, -0.05) is 24.3 Å². The van der Waals surface area contributed by atoms with Gasteiger partial charge in [0.1, 0.15) is 0 Å². The smallest absolute Gasteiger partial charge is 0.416 e. The summed E-state index contributed by atoms with van der Waals surface area (Å²) in [5.41, 5.74) is 3.53. The van der Waals surface area contributed by atoms with Crippen LogP contribution < -0.4 is 5.48 Å². The fraction of sp³-hybridized carbons (Fsp3) is 0.421. The van der Waals surface area contributed by atoms with Gasteiger partial charge in [-0.3, -0.25) is 10.3 Å². The molecule has 1 aromatic carbocycles. The molecular formula is C19H20F3NO5. The number of halogens is 3. The summed E-state index contributed by atoms with van der Waals surface area (Å²) in [6, 6.07) is 4.48. The Balaban J connectivity index is 1.62. The molecule has 1 aromatic rings. The number of nitrogens with one attached hydrogen (secondary N) is 1. The van der Waals surface area contributed by atoms with Gasteiger partial charge < -0.3 is 15.3 Å². The standard InChI is InChI=1S/C19H20F3NO5/c20-19(21,22)12-3-1-2-10(6-12)16(24)5-4-11-7-13-14(18(11)27)8-15(13)23-28-9-17(25)26/h1-6,11,14,16,18,23-24,27H,7-9H2,(H,25,26)/t11?,14-,16?,18?/m1/s1. The summed E-state index contributed by atoms with van der Waals surface area (Å²) in [5, 5.41) is 29.1. The summed E-state index contributed by atoms with van der Waals surface area (Å²) in [6.45, 7) is -0.490. The van der Waals surface area contributed by atoms with Crippen LogP contribution in [0.3, 0.4) is 0 Å². The molecule has 4 N–H and O–H groups in total. The quantitative estimate of drug-likeness (QED) is 0.416. The third kappa shape index (κ3) is 4.37. The predicted molar refractivity (Wildman–Crippen MR) is 91.5 cm³/mol. The number of allylic oxidation sites excluding steroid dienone is 1. The summed E-state index contributed by atoms with van der Waals surface area (Å²) in [6.07, 6.45) is -2.38. The molecule has 0 amide bonds. The molecule has 2 aliphatic rings.